The number of hydrogen-bond acceptors (Lipinski definition) is 2. The number of ether oxygens (including phenoxy) is 1. The number of aryl methyl sites for hydroxylation is 1. The predicted molar refractivity (Wildman–Crippen MR) is 90.8 cm³/mol. The van der Waals surface area contributed by atoms with Crippen LogP contribution in [0.25, 0.3) is 0 Å². The minimum absolute atomic E-state index is 0.146. The molecule has 2 atom stereocenters. The number of aliphatic imine (C=N–C) groups is 1. The third-order valence-corrected chi connectivity index (χ3v) is 3.96. The number of nitrogens with zero attached hydrogens (tertiary/aromatic N) is 1. The molecule has 1 aromatic rings. The Hall–Kier alpha value is -1.99. The van der Waals surface area contributed by atoms with Crippen LogP contribution in [0.5, 0.6) is 0 Å². The Balaban J connectivity index is 1.98. The number of guanidine groups is 1. The van der Waals surface area contributed by atoms with Gasteiger partial charge in [0.05, 0.1) is 12.6 Å². The summed E-state index contributed by atoms with van der Waals surface area (Å²) in [6.45, 7) is 4.23. The molecule has 1 saturated heterocycles. The fourth-order valence-electron chi connectivity index (χ4n) is 2.76. The van der Waals surface area contributed by atoms with Crippen LogP contribution in [0.2, 0.25) is 0 Å². The summed E-state index contributed by atoms with van der Waals surface area (Å²) in [5.41, 5.74) is 2.52. The van der Waals surface area contributed by atoms with Crippen LogP contribution in [0.3, 0.4) is 0 Å². The molecule has 4 nitrogen and oxygen atoms in total. The maximum atomic E-state index is 6.03. The molecule has 0 aromatic heterocycles. The van der Waals surface area contributed by atoms with Gasteiger partial charge in [0.1, 0.15) is 0 Å². The van der Waals surface area contributed by atoms with E-state index >= 15 is 0 Å². The number of rotatable bonds is 4. The zero-order valence-corrected chi connectivity index (χ0v) is 13.4. The van der Waals surface area contributed by atoms with Crippen molar-refractivity contribution in [1.82, 2.24) is 10.6 Å². The zero-order valence-electron chi connectivity index (χ0n) is 13.4. The van der Waals surface area contributed by atoms with Gasteiger partial charge in [-0.2, -0.15) is 0 Å². The maximum absolute atomic E-state index is 6.03. The second-order valence-corrected chi connectivity index (χ2v) is 5.62. The fourth-order valence-corrected chi connectivity index (χ4v) is 2.76. The van der Waals surface area contributed by atoms with Crippen molar-refractivity contribution in [2.75, 3.05) is 26.7 Å². The maximum Gasteiger partial charge on any atom is 0.191 e. The molecule has 0 amide bonds. The summed E-state index contributed by atoms with van der Waals surface area (Å²) in [4.78, 5) is 4.18. The van der Waals surface area contributed by atoms with Crippen LogP contribution in [0.1, 0.15) is 30.1 Å². The van der Waals surface area contributed by atoms with Gasteiger partial charge in [0.15, 0.2) is 5.96 Å². The van der Waals surface area contributed by atoms with E-state index in [1.54, 1.807) is 7.05 Å². The summed E-state index contributed by atoms with van der Waals surface area (Å²) in [6.07, 6.45) is 7.66. The van der Waals surface area contributed by atoms with Gasteiger partial charge in [-0.05, 0) is 25.3 Å². The predicted octanol–water partition coefficient (Wildman–Crippen LogP) is 2.26. The lowest BCUT2D eigenvalue weighted by Gasteiger charge is -2.32. The first-order valence-electron chi connectivity index (χ1n) is 7.80. The molecule has 0 spiro atoms. The standard InChI is InChI=1S/C18H25N3O/c1-4-11-20-18(19-3)21-13-16-6-5-12-22-17(16)15-9-7-14(2)8-10-15/h1,7-10,16-17H,5-6,11-13H2,2-3H3,(H2,19,20,21). The second kappa shape index (κ2) is 8.45. The van der Waals surface area contributed by atoms with Crippen molar-refractivity contribution >= 4 is 5.96 Å². The third kappa shape index (κ3) is 4.51. The van der Waals surface area contributed by atoms with Gasteiger partial charge in [-0.15, -0.1) is 6.42 Å². The van der Waals surface area contributed by atoms with Crippen molar-refractivity contribution in [3.8, 4) is 12.3 Å². The Morgan fingerprint density at radius 2 is 2.14 bits per heavy atom. The lowest BCUT2D eigenvalue weighted by molar-refractivity contribution is -0.0265. The quantitative estimate of drug-likeness (QED) is 0.509. The van der Waals surface area contributed by atoms with Crippen LogP contribution in [0, 0.1) is 25.2 Å². The average Bonchev–Trinajstić information content (AvgIpc) is 2.56. The van der Waals surface area contributed by atoms with Gasteiger partial charge < -0.3 is 15.4 Å². The van der Waals surface area contributed by atoms with Gasteiger partial charge in [-0.1, -0.05) is 35.7 Å². The SMILES string of the molecule is C#CCNC(=NC)NCC1CCCOC1c1ccc(C)cc1. The zero-order chi connectivity index (χ0) is 15.8. The first-order chi connectivity index (χ1) is 10.7. The molecule has 1 aliphatic heterocycles. The highest BCUT2D eigenvalue weighted by atomic mass is 16.5. The van der Waals surface area contributed by atoms with E-state index in [4.69, 9.17) is 11.2 Å². The Labute approximate surface area is 133 Å². The average molecular weight is 299 g/mol. The van der Waals surface area contributed by atoms with E-state index in [0.29, 0.717) is 12.5 Å². The Bertz CT molecular complexity index is 530. The summed E-state index contributed by atoms with van der Waals surface area (Å²) in [6, 6.07) is 8.63. The molecule has 1 aromatic carbocycles. The van der Waals surface area contributed by atoms with Crippen molar-refractivity contribution in [3.05, 3.63) is 35.4 Å². The fraction of sp³-hybridized carbons (Fsp3) is 0.500. The van der Waals surface area contributed by atoms with Gasteiger partial charge in [-0.3, -0.25) is 4.99 Å². The van der Waals surface area contributed by atoms with Gasteiger partial charge >= 0.3 is 0 Å². The van der Waals surface area contributed by atoms with Crippen LogP contribution < -0.4 is 10.6 Å². The van der Waals surface area contributed by atoms with Gasteiger partial charge in [0.25, 0.3) is 0 Å². The molecule has 0 radical (unpaired) electrons. The second-order valence-electron chi connectivity index (χ2n) is 5.62. The molecule has 2 rings (SSSR count). The summed E-state index contributed by atoms with van der Waals surface area (Å²) in [7, 11) is 1.75. The number of terminal acetylenes is 1. The molecule has 118 valence electrons. The molecule has 1 aliphatic rings. The summed E-state index contributed by atoms with van der Waals surface area (Å²) in [5, 5.41) is 6.43. The Kier molecular flexibility index (Phi) is 6.29. The molecule has 0 bridgehead atoms. The summed E-state index contributed by atoms with van der Waals surface area (Å²) >= 11 is 0. The highest BCUT2D eigenvalue weighted by Gasteiger charge is 2.27. The molecule has 4 heteroatoms. The van der Waals surface area contributed by atoms with Crippen LogP contribution >= 0.6 is 0 Å². The van der Waals surface area contributed by atoms with Crippen molar-refractivity contribution in [2.24, 2.45) is 10.9 Å². The lowest BCUT2D eigenvalue weighted by Crippen LogP contribution is -2.42. The monoisotopic (exact) mass is 299 g/mol. The number of hydrogen-bond donors (Lipinski definition) is 2. The molecular weight excluding hydrogens is 274 g/mol. The van der Waals surface area contributed by atoms with Crippen molar-refractivity contribution in [1.29, 1.82) is 0 Å². The van der Waals surface area contributed by atoms with Crippen LogP contribution in [-0.2, 0) is 4.74 Å². The molecule has 2 N–H and O–H groups in total. The van der Waals surface area contributed by atoms with E-state index < -0.39 is 0 Å². The topological polar surface area (TPSA) is 45.7 Å². The number of benzene rings is 1. The minimum Gasteiger partial charge on any atom is -0.373 e. The van der Waals surface area contributed by atoms with Gasteiger partial charge in [0.2, 0.25) is 0 Å². The first kappa shape index (κ1) is 16.4. The highest BCUT2D eigenvalue weighted by molar-refractivity contribution is 5.79. The number of nitrogens with one attached hydrogen (secondary N) is 2. The largest absolute Gasteiger partial charge is 0.373 e. The van der Waals surface area contributed by atoms with Crippen LogP contribution in [0.15, 0.2) is 29.3 Å². The van der Waals surface area contributed by atoms with Crippen molar-refractivity contribution in [2.45, 2.75) is 25.9 Å². The lowest BCUT2D eigenvalue weighted by atomic mass is 9.89. The van der Waals surface area contributed by atoms with Gasteiger partial charge in [0, 0.05) is 26.1 Å². The highest BCUT2D eigenvalue weighted by Crippen LogP contribution is 2.33. The van der Waals surface area contributed by atoms with E-state index in [-0.39, 0.29) is 6.10 Å². The van der Waals surface area contributed by atoms with Crippen molar-refractivity contribution in [3.63, 3.8) is 0 Å². The molecule has 1 fully saturated rings. The Morgan fingerprint density at radius 3 is 2.82 bits per heavy atom. The normalized spacial score (nSPS) is 22.0. The van der Waals surface area contributed by atoms with Crippen LogP contribution in [-0.4, -0.2) is 32.7 Å². The van der Waals surface area contributed by atoms with Gasteiger partial charge in [-0.25, -0.2) is 0 Å². The Morgan fingerprint density at radius 1 is 1.36 bits per heavy atom. The molecule has 0 saturated carbocycles. The molecular formula is C18H25N3O. The van der Waals surface area contributed by atoms with E-state index in [9.17, 15) is 0 Å². The smallest absolute Gasteiger partial charge is 0.191 e. The molecule has 1 heterocycles. The molecule has 22 heavy (non-hydrogen) atoms. The van der Waals surface area contributed by atoms with Crippen LogP contribution in [0.4, 0.5) is 0 Å². The van der Waals surface area contributed by atoms with Crippen molar-refractivity contribution < 1.29 is 4.74 Å². The summed E-state index contributed by atoms with van der Waals surface area (Å²) in [5.74, 6) is 3.73. The van der Waals surface area contributed by atoms with E-state index in [1.165, 1.54) is 11.1 Å². The van der Waals surface area contributed by atoms with E-state index in [1.807, 2.05) is 0 Å². The first-order valence-corrected chi connectivity index (χ1v) is 7.80. The molecule has 2 unspecified atom stereocenters. The third-order valence-electron chi connectivity index (χ3n) is 3.96. The minimum atomic E-state index is 0.146. The van der Waals surface area contributed by atoms with E-state index in [2.05, 4.69) is 52.7 Å². The summed E-state index contributed by atoms with van der Waals surface area (Å²) < 4.78 is 6.03. The molecule has 0 aliphatic carbocycles. The van der Waals surface area contributed by atoms with E-state index in [0.717, 1.165) is 32.0 Å².